The van der Waals surface area contributed by atoms with E-state index in [0.717, 1.165) is 38.5 Å². The summed E-state index contributed by atoms with van der Waals surface area (Å²) in [5, 5.41) is 6.25. The van der Waals surface area contributed by atoms with Gasteiger partial charge in [-0.05, 0) is 49.3 Å². The second-order valence-corrected chi connectivity index (χ2v) is 11.9. The molecule has 0 unspecified atom stereocenters. The molecule has 2 N–H and O–H groups in total. The number of rotatable bonds is 7. The highest BCUT2D eigenvalue weighted by atomic mass is 16.5. The van der Waals surface area contributed by atoms with Gasteiger partial charge in [-0.15, -0.1) is 0 Å². The first-order valence-corrected chi connectivity index (χ1v) is 14.4. The van der Waals surface area contributed by atoms with Crippen LogP contribution in [0.5, 0.6) is 0 Å². The summed E-state index contributed by atoms with van der Waals surface area (Å²) < 4.78 is 12.3. The van der Waals surface area contributed by atoms with Gasteiger partial charge in [-0.1, -0.05) is 57.4 Å². The highest BCUT2D eigenvalue weighted by molar-refractivity contribution is 6.02. The summed E-state index contributed by atoms with van der Waals surface area (Å²) in [6.45, 7) is 5.26. The molecule has 2 bridgehead atoms. The Morgan fingerprint density at radius 2 is 1.82 bits per heavy atom. The third-order valence-electron chi connectivity index (χ3n) is 9.15. The zero-order valence-corrected chi connectivity index (χ0v) is 22.4. The average molecular weight is 522 g/mol. The number of nitrogens with zero attached hydrogens (tertiary/aromatic N) is 1. The van der Waals surface area contributed by atoms with Gasteiger partial charge in [0.2, 0.25) is 17.7 Å². The molecule has 1 saturated carbocycles. The quantitative estimate of drug-likeness (QED) is 0.535. The molecule has 4 fully saturated rings. The normalized spacial score (nSPS) is 34.2. The van der Waals surface area contributed by atoms with Gasteiger partial charge in [-0.3, -0.25) is 14.4 Å². The van der Waals surface area contributed by atoms with Crippen LogP contribution in [-0.4, -0.2) is 65.7 Å². The molecule has 6 atom stereocenters. The second kappa shape index (κ2) is 10.1. The Kier molecular flexibility index (Phi) is 6.80. The van der Waals surface area contributed by atoms with Crippen molar-refractivity contribution in [3.05, 3.63) is 42.0 Å². The van der Waals surface area contributed by atoms with Crippen molar-refractivity contribution in [2.75, 3.05) is 18.5 Å². The number of anilines is 1. The van der Waals surface area contributed by atoms with Crippen molar-refractivity contribution in [2.24, 2.45) is 11.8 Å². The molecule has 3 saturated heterocycles. The van der Waals surface area contributed by atoms with Crippen LogP contribution in [0.2, 0.25) is 0 Å². The summed E-state index contributed by atoms with van der Waals surface area (Å²) in [6, 6.07) is 7.11. The molecule has 4 aliphatic heterocycles. The van der Waals surface area contributed by atoms with Crippen molar-refractivity contribution in [3.8, 4) is 0 Å². The Morgan fingerprint density at radius 1 is 1.05 bits per heavy atom. The number of carbonyl (C=O) groups is 3. The van der Waals surface area contributed by atoms with Crippen LogP contribution in [0.3, 0.4) is 0 Å². The molecule has 3 amide bonds. The predicted molar refractivity (Wildman–Crippen MR) is 142 cm³/mol. The fraction of sp³-hybridized carbons (Fsp3) is 0.633. The summed E-state index contributed by atoms with van der Waals surface area (Å²) in [5.74, 6) is -1.66. The molecule has 6 rings (SSSR count). The number of benzene rings is 1. The molecule has 8 nitrogen and oxygen atoms in total. The number of carbonyl (C=O) groups excluding carboxylic acids is 3. The average Bonchev–Trinajstić information content (AvgIpc) is 3.68. The van der Waals surface area contributed by atoms with Gasteiger partial charge < -0.3 is 25.0 Å². The Labute approximate surface area is 224 Å². The van der Waals surface area contributed by atoms with Gasteiger partial charge in [0.15, 0.2) is 0 Å². The predicted octanol–water partition coefficient (Wildman–Crippen LogP) is 3.53. The van der Waals surface area contributed by atoms with Crippen LogP contribution in [-0.2, 0) is 23.9 Å². The van der Waals surface area contributed by atoms with E-state index in [1.807, 2.05) is 36.4 Å². The van der Waals surface area contributed by atoms with E-state index in [-0.39, 0.29) is 29.9 Å². The van der Waals surface area contributed by atoms with Crippen molar-refractivity contribution in [1.29, 1.82) is 0 Å². The Balaban J connectivity index is 1.27. The van der Waals surface area contributed by atoms with Gasteiger partial charge in [0.25, 0.3) is 0 Å². The maximum Gasteiger partial charge on any atom is 0.246 e. The number of hydrogen-bond acceptors (Lipinski definition) is 5. The topological polar surface area (TPSA) is 97.0 Å². The van der Waals surface area contributed by atoms with Crippen molar-refractivity contribution in [3.63, 3.8) is 0 Å². The molecule has 0 radical (unpaired) electrons. The minimum atomic E-state index is -1.14. The van der Waals surface area contributed by atoms with Crippen molar-refractivity contribution in [1.82, 2.24) is 10.2 Å². The summed E-state index contributed by atoms with van der Waals surface area (Å²) >= 11 is 0. The molecular weight excluding hydrogens is 482 g/mol. The lowest BCUT2D eigenvalue weighted by atomic mass is 9.74. The standard InChI is InChI=1S/C30H39N3O5/c1-18(2)19-10-12-21(13-11-19)31-27(34)24-23-14-15-30(38-23)25(24)29(36)33(17-22-9-6-16-37-22)26(30)28(35)32-20-7-4-3-5-8-20/h10-15,18,20,22-26H,3-9,16-17H2,1-2H3,(H,31,34)(H,32,35)/t22-,23-,24+,25-,26-,30-/m1/s1. The zero-order chi connectivity index (χ0) is 26.4. The van der Waals surface area contributed by atoms with E-state index in [1.165, 1.54) is 12.0 Å². The fourth-order valence-corrected chi connectivity index (χ4v) is 7.18. The number of fused-ring (bicyclic) bond motifs is 1. The molecule has 1 aromatic rings. The van der Waals surface area contributed by atoms with E-state index in [2.05, 4.69) is 24.5 Å². The lowest BCUT2D eigenvalue weighted by Crippen LogP contribution is -2.57. The number of hydrogen-bond donors (Lipinski definition) is 2. The lowest BCUT2D eigenvalue weighted by Gasteiger charge is -2.34. The summed E-state index contributed by atoms with van der Waals surface area (Å²) in [5.41, 5.74) is 0.743. The van der Waals surface area contributed by atoms with Crippen molar-refractivity contribution >= 4 is 23.4 Å². The third-order valence-corrected chi connectivity index (χ3v) is 9.15. The van der Waals surface area contributed by atoms with Gasteiger partial charge in [0.1, 0.15) is 11.6 Å². The van der Waals surface area contributed by atoms with E-state index in [9.17, 15) is 14.4 Å². The first-order chi connectivity index (χ1) is 18.4. The molecule has 5 aliphatic rings. The van der Waals surface area contributed by atoms with E-state index in [0.29, 0.717) is 24.8 Å². The van der Waals surface area contributed by atoms with Gasteiger partial charge >= 0.3 is 0 Å². The van der Waals surface area contributed by atoms with Gasteiger partial charge in [-0.2, -0.15) is 0 Å². The Morgan fingerprint density at radius 3 is 2.50 bits per heavy atom. The minimum Gasteiger partial charge on any atom is -0.376 e. The molecule has 1 spiro atoms. The zero-order valence-electron chi connectivity index (χ0n) is 22.4. The van der Waals surface area contributed by atoms with Gasteiger partial charge in [0.05, 0.1) is 24.0 Å². The van der Waals surface area contributed by atoms with Crippen LogP contribution in [0.1, 0.15) is 70.3 Å². The smallest absolute Gasteiger partial charge is 0.246 e. The van der Waals surface area contributed by atoms with E-state index >= 15 is 0 Å². The Bertz CT molecular complexity index is 1110. The number of likely N-dealkylation sites (tertiary alicyclic amines) is 1. The first-order valence-electron chi connectivity index (χ1n) is 14.4. The van der Waals surface area contributed by atoms with Crippen LogP contribution in [0.4, 0.5) is 5.69 Å². The monoisotopic (exact) mass is 521 g/mol. The minimum absolute atomic E-state index is 0.105. The van der Waals surface area contributed by atoms with Crippen LogP contribution >= 0.6 is 0 Å². The van der Waals surface area contributed by atoms with Gasteiger partial charge in [0, 0.05) is 24.9 Å². The molecular formula is C30H39N3O5. The lowest BCUT2D eigenvalue weighted by molar-refractivity contribution is -0.143. The fourth-order valence-electron chi connectivity index (χ4n) is 7.18. The maximum atomic E-state index is 14.0. The van der Waals surface area contributed by atoms with E-state index in [1.54, 1.807) is 4.90 Å². The summed E-state index contributed by atoms with van der Waals surface area (Å²) in [4.78, 5) is 43.2. The third kappa shape index (κ3) is 4.35. The maximum absolute atomic E-state index is 14.0. The van der Waals surface area contributed by atoms with Crippen LogP contribution in [0.15, 0.2) is 36.4 Å². The van der Waals surface area contributed by atoms with Crippen molar-refractivity contribution < 1.29 is 23.9 Å². The molecule has 8 heteroatoms. The second-order valence-electron chi connectivity index (χ2n) is 11.9. The van der Waals surface area contributed by atoms with Crippen LogP contribution < -0.4 is 10.6 Å². The molecule has 0 aromatic heterocycles. The number of amides is 3. The van der Waals surface area contributed by atoms with Gasteiger partial charge in [-0.25, -0.2) is 0 Å². The molecule has 204 valence electrons. The molecule has 4 heterocycles. The molecule has 1 aromatic carbocycles. The van der Waals surface area contributed by atoms with Crippen LogP contribution in [0.25, 0.3) is 0 Å². The first kappa shape index (κ1) is 25.6. The number of nitrogens with one attached hydrogen (secondary N) is 2. The summed E-state index contributed by atoms with van der Waals surface area (Å²) in [7, 11) is 0. The Hall–Kier alpha value is -2.71. The molecule has 1 aliphatic carbocycles. The SMILES string of the molecule is CC(C)c1ccc(NC(=O)[C@H]2[C@H]3C=C[C@@]4(O3)[C@H]2C(=O)N(C[C@H]2CCCO2)[C@@H]4C(=O)NC2CCCCC2)cc1. The number of ether oxygens (including phenoxy) is 2. The van der Waals surface area contributed by atoms with Crippen molar-refractivity contribution in [2.45, 2.75) is 94.6 Å². The van der Waals surface area contributed by atoms with E-state index < -0.39 is 29.6 Å². The highest BCUT2D eigenvalue weighted by Gasteiger charge is 2.73. The molecule has 38 heavy (non-hydrogen) atoms. The summed E-state index contributed by atoms with van der Waals surface area (Å²) in [6.07, 6.45) is 10.2. The highest BCUT2D eigenvalue weighted by Crippen LogP contribution is 2.55. The largest absolute Gasteiger partial charge is 0.376 e. The van der Waals surface area contributed by atoms with Crippen LogP contribution in [0, 0.1) is 11.8 Å². The van der Waals surface area contributed by atoms with E-state index in [4.69, 9.17) is 9.47 Å².